The van der Waals surface area contributed by atoms with E-state index < -0.39 is 0 Å². The minimum Gasteiger partial charge on any atom is -0.380 e. The molecule has 1 aromatic rings. The first-order valence-electron chi connectivity index (χ1n) is 7.29. The van der Waals surface area contributed by atoms with E-state index in [-0.39, 0.29) is 0 Å². The maximum Gasteiger partial charge on any atom is 0.191 e. The SMILES string of the molecule is CCCCOCCNC(=NC)NCCc1ccccn1. The molecule has 2 N–H and O–H groups in total. The Labute approximate surface area is 121 Å². The number of pyridine rings is 1. The van der Waals surface area contributed by atoms with E-state index in [2.05, 4.69) is 27.5 Å². The molecule has 1 aromatic heterocycles. The van der Waals surface area contributed by atoms with Gasteiger partial charge >= 0.3 is 0 Å². The van der Waals surface area contributed by atoms with Crippen LogP contribution in [0.15, 0.2) is 29.4 Å². The number of nitrogens with one attached hydrogen (secondary N) is 2. The molecule has 20 heavy (non-hydrogen) atoms. The summed E-state index contributed by atoms with van der Waals surface area (Å²) in [4.78, 5) is 8.46. The quantitative estimate of drug-likeness (QED) is 0.409. The zero-order valence-electron chi connectivity index (χ0n) is 12.6. The van der Waals surface area contributed by atoms with Crippen molar-refractivity contribution in [1.29, 1.82) is 0 Å². The fraction of sp³-hybridized carbons (Fsp3) is 0.600. The third-order valence-electron chi connectivity index (χ3n) is 2.80. The fourth-order valence-electron chi connectivity index (χ4n) is 1.67. The molecule has 0 atom stereocenters. The van der Waals surface area contributed by atoms with Crippen molar-refractivity contribution in [3.05, 3.63) is 30.1 Å². The van der Waals surface area contributed by atoms with Gasteiger partial charge in [-0.3, -0.25) is 9.98 Å². The summed E-state index contributed by atoms with van der Waals surface area (Å²) in [7, 11) is 1.77. The molecule has 0 fully saturated rings. The molecule has 0 bridgehead atoms. The van der Waals surface area contributed by atoms with Crippen molar-refractivity contribution >= 4 is 5.96 Å². The van der Waals surface area contributed by atoms with Gasteiger partial charge in [0.1, 0.15) is 0 Å². The highest BCUT2D eigenvalue weighted by Crippen LogP contribution is 1.92. The summed E-state index contributed by atoms with van der Waals surface area (Å²) in [6.07, 6.45) is 4.99. The van der Waals surface area contributed by atoms with E-state index in [1.54, 1.807) is 7.05 Å². The number of aliphatic imine (C=N–C) groups is 1. The van der Waals surface area contributed by atoms with E-state index in [1.165, 1.54) is 6.42 Å². The summed E-state index contributed by atoms with van der Waals surface area (Å²) in [6.45, 7) is 5.29. The Morgan fingerprint density at radius 1 is 1.25 bits per heavy atom. The van der Waals surface area contributed by atoms with Gasteiger partial charge in [0.05, 0.1) is 6.61 Å². The molecule has 0 aliphatic heterocycles. The van der Waals surface area contributed by atoms with Crippen LogP contribution >= 0.6 is 0 Å². The lowest BCUT2D eigenvalue weighted by atomic mass is 10.3. The van der Waals surface area contributed by atoms with Gasteiger partial charge in [0.15, 0.2) is 5.96 Å². The topological polar surface area (TPSA) is 58.5 Å². The molecule has 0 aliphatic carbocycles. The van der Waals surface area contributed by atoms with Crippen LogP contribution in [0.5, 0.6) is 0 Å². The van der Waals surface area contributed by atoms with Crippen molar-refractivity contribution in [3.63, 3.8) is 0 Å². The Balaban J connectivity index is 2.08. The van der Waals surface area contributed by atoms with Crippen LogP contribution in [0.3, 0.4) is 0 Å². The zero-order chi connectivity index (χ0) is 14.5. The van der Waals surface area contributed by atoms with Crippen LogP contribution in [0.2, 0.25) is 0 Å². The molecule has 0 radical (unpaired) electrons. The van der Waals surface area contributed by atoms with E-state index in [0.717, 1.165) is 44.2 Å². The highest BCUT2D eigenvalue weighted by atomic mass is 16.5. The molecule has 0 saturated heterocycles. The average molecular weight is 278 g/mol. The molecule has 5 heteroatoms. The van der Waals surface area contributed by atoms with Crippen LogP contribution in [0.1, 0.15) is 25.5 Å². The minimum absolute atomic E-state index is 0.709. The van der Waals surface area contributed by atoms with E-state index in [1.807, 2.05) is 24.4 Å². The van der Waals surface area contributed by atoms with Crippen molar-refractivity contribution in [2.24, 2.45) is 4.99 Å². The van der Waals surface area contributed by atoms with Crippen LogP contribution < -0.4 is 10.6 Å². The van der Waals surface area contributed by atoms with Gasteiger partial charge in [-0.05, 0) is 18.6 Å². The smallest absolute Gasteiger partial charge is 0.191 e. The number of unbranched alkanes of at least 4 members (excludes halogenated alkanes) is 1. The van der Waals surface area contributed by atoms with Crippen LogP contribution in [0.4, 0.5) is 0 Å². The van der Waals surface area contributed by atoms with Crippen LogP contribution in [-0.4, -0.2) is 44.3 Å². The molecule has 0 unspecified atom stereocenters. The molecule has 0 amide bonds. The average Bonchev–Trinajstić information content (AvgIpc) is 2.50. The van der Waals surface area contributed by atoms with Crippen LogP contribution in [0.25, 0.3) is 0 Å². The molecular formula is C15H26N4O. The second kappa shape index (κ2) is 11.2. The molecule has 0 aliphatic rings. The summed E-state index contributed by atoms with van der Waals surface area (Å²) < 4.78 is 5.49. The lowest BCUT2D eigenvalue weighted by Gasteiger charge is -2.11. The van der Waals surface area contributed by atoms with Crippen molar-refractivity contribution in [3.8, 4) is 0 Å². The lowest BCUT2D eigenvalue weighted by Crippen LogP contribution is -2.39. The summed E-state index contributed by atoms with van der Waals surface area (Å²) in [5, 5.41) is 6.49. The maximum atomic E-state index is 5.49. The Hall–Kier alpha value is -1.62. The van der Waals surface area contributed by atoms with Crippen LogP contribution in [0, 0.1) is 0 Å². The van der Waals surface area contributed by atoms with Gasteiger partial charge in [-0.25, -0.2) is 0 Å². The Morgan fingerprint density at radius 3 is 2.80 bits per heavy atom. The Morgan fingerprint density at radius 2 is 2.10 bits per heavy atom. The fourth-order valence-corrected chi connectivity index (χ4v) is 1.67. The molecule has 0 aromatic carbocycles. The van der Waals surface area contributed by atoms with Gasteiger partial charge in [-0.15, -0.1) is 0 Å². The normalized spacial score (nSPS) is 11.4. The van der Waals surface area contributed by atoms with Crippen molar-refractivity contribution < 1.29 is 4.74 Å². The first kappa shape index (κ1) is 16.4. The van der Waals surface area contributed by atoms with Gasteiger partial charge in [0.25, 0.3) is 0 Å². The van der Waals surface area contributed by atoms with Crippen molar-refractivity contribution in [1.82, 2.24) is 15.6 Å². The number of aromatic nitrogens is 1. The largest absolute Gasteiger partial charge is 0.380 e. The van der Waals surface area contributed by atoms with Gasteiger partial charge in [-0.2, -0.15) is 0 Å². The molecular weight excluding hydrogens is 252 g/mol. The standard InChI is InChI=1S/C15H26N4O/c1-3-4-12-20-13-11-19-15(16-2)18-10-8-14-7-5-6-9-17-14/h5-7,9H,3-4,8,10-13H2,1-2H3,(H2,16,18,19). The Bertz CT molecular complexity index is 367. The number of hydrogen-bond donors (Lipinski definition) is 2. The van der Waals surface area contributed by atoms with Crippen molar-refractivity contribution in [2.45, 2.75) is 26.2 Å². The molecule has 112 valence electrons. The second-order valence-corrected chi connectivity index (χ2v) is 4.46. The minimum atomic E-state index is 0.709. The summed E-state index contributed by atoms with van der Waals surface area (Å²) in [5.74, 6) is 0.806. The molecule has 0 saturated carbocycles. The summed E-state index contributed by atoms with van der Waals surface area (Å²) >= 11 is 0. The Kier molecular flexibility index (Phi) is 9.23. The predicted octanol–water partition coefficient (Wildman–Crippen LogP) is 1.61. The van der Waals surface area contributed by atoms with E-state index in [0.29, 0.717) is 6.61 Å². The molecule has 1 heterocycles. The molecule has 0 spiro atoms. The number of guanidine groups is 1. The number of ether oxygens (including phenoxy) is 1. The highest BCUT2D eigenvalue weighted by molar-refractivity contribution is 5.79. The summed E-state index contributed by atoms with van der Waals surface area (Å²) in [5.41, 5.74) is 1.08. The van der Waals surface area contributed by atoms with Crippen LogP contribution in [-0.2, 0) is 11.2 Å². The lowest BCUT2D eigenvalue weighted by molar-refractivity contribution is 0.136. The predicted molar refractivity (Wildman–Crippen MR) is 83.0 cm³/mol. The van der Waals surface area contributed by atoms with Gasteiger partial charge < -0.3 is 15.4 Å². The van der Waals surface area contributed by atoms with Crippen molar-refractivity contribution in [2.75, 3.05) is 33.4 Å². The molecule has 5 nitrogen and oxygen atoms in total. The number of rotatable bonds is 9. The van der Waals surface area contributed by atoms with Gasteiger partial charge in [0.2, 0.25) is 0 Å². The van der Waals surface area contributed by atoms with Gasteiger partial charge in [0, 0.05) is 45.1 Å². The molecule has 1 rings (SSSR count). The second-order valence-electron chi connectivity index (χ2n) is 4.46. The van der Waals surface area contributed by atoms with E-state index >= 15 is 0 Å². The number of nitrogens with zero attached hydrogens (tertiary/aromatic N) is 2. The van der Waals surface area contributed by atoms with E-state index in [9.17, 15) is 0 Å². The van der Waals surface area contributed by atoms with E-state index in [4.69, 9.17) is 4.74 Å². The first-order chi connectivity index (χ1) is 9.86. The maximum absolute atomic E-state index is 5.49. The number of hydrogen-bond acceptors (Lipinski definition) is 3. The summed E-state index contributed by atoms with van der Waals surface area (Å²) in [6, 6.07) is 5.96. The first-order valence-corrected chi connectivity index (χ1v) is 7.29. The monoisotopic (exact) mass is 278 g/mol. The third-order valence-corrected chi connectivity index (χ3v) is 2.80. The highest BCUT2D eigenvalue weighted by Gasteiger charge is 1.98. The third kappa shape index (κ3) is 7.74. The zero-order valence-corrected chi connectivity index (χ0v) is 12.6. The van der Waals surface area contributed by atoms with Gasteiger partial charge in [-0.1, -0.05) is 19.4 Å².